The first-order valence-electron chi connectivity index (χ1n) is 6.56. The van der Waals surface area contributed by atoms with Gasteiger partial charge in [-0.1, -0.05) is 0 Å². The molecule has 0 saturated heterocycles. The van der Waals surface area contributed by atoms with Gasteiger partial charge in [0, 0.05) is 13.1 Å². The highest BCUT2D eigenvalue weighted by Crippen LogP contribution is 2.25. The molecule has 0 aliphatic rings. The summed E-state index contributed by atoms with van der Waals surface area (Å²) in [6, 6.07) is 1.36. The van der Waals surface area contributed by atoms with Crippen LogP contribution in [0.5, 0.6) is 0 Å². The standard InChI is InChI=1S/C13H18F3N3O3S/c1-18(2)7-6-17-11(20)8-19(23(3,21)22)10-5-4-9(14)12(15)13(10)16/h4-5H,6-8H2,1-3H3,(H,17,20). The van der Waals surface area contributed by atoms with E-state index in [1.807, 2.05) is 0 Å². The van der Waals surface area contributed by atoms with E-state index in [2.05, 4.69) is 5.32 Å². The Labute approximate surface area is 132 Å². The molecule has 1 aromatic rings. The van der Waals surface area contributed by atoms with Gasteiger partial charge in [0.1, 0.15) is 6.54 Å². The fraction of sp³-hybridized carbons (Fsp3) is 0.462. The van der Waals surface area contributed by atoms with E-state index < -0.39 is 45.6 Å². The summed E-state index contributed by atoms with van der Waals surface area (Å²) in [5.41, 5.74) is -0.728. The highest BCUT2D eigenvalue weighted by Gasteiger charge is 2.26. The van der Waals surface area contributed by atoms with Crippen molar-refractivity contribution in [1.82, 2.24) is 10.2 Å². The van der Waals surface area contributed by atoms with Crippen LogP contribution in [0.2, 0.25) is 0 Å². The summed E-state index contributed by atoms with van der Waals surface area (Å²) in [7, 11) is -0.507. The number of halogens is 3. The number of carbonyl (C=O) groups is 1. The van der Waals surface area contributed by atoms with Crippen LogP contribution < -0.4 is 9.62 Å². The highest BCUT2D eigenvalue weighted by molar-refractivity contribution is 7.92. The minimum atomic E-state index is -4.07. The number of hydrogen-bond donors (Lipinski definition) is 1. The van der Waals surface area contributed by atoms with Crippen molar-refractivity contribution in [2.75, 3.05) is 44.3 Å². The summed E-state index contributed by atoms with van der Waals surface area (Å²) >= 11 is 0. The maximum absolute atomic E-state index is 13.8. The molecule has 0 aromatic heterocycles. The quantitative estimate of drug-likeness (QED) is 0.727. The molecular weight excluding hydrogens is 335 g/mol. The Kier molecular flexibility index (Phi) is 6.39. The molecule has 1 N–H and O–H groups in total. The second-order valence-electron chi connectivity index (χ2n) is 5.12. The van der Waals surface area contributed by atoms with Crippen molar-refractivity contribution in [3.05, 3.63) is 29.6 Å². The van der Waals surface area contributed by atoms with E-state index in [9.17, 15) is 26.4 Å². The fourth-order valence-electron chi connectivity index (χ4n) is 1.69. The molecule has 6 nitrogen and oxygen atoms in total. The molecule has 0 spiro atoms. The Hall–Kier alpha value is -1.81. The zero-order valence-electron chi connectivity index (χ0n) is 12.9. The summed E-state index contributed by atoms with van der Waals surface area (Å²) < 4.78 is 63.9. The normalized spacial score (nSPS) is 11.6. The van der Waals surface area contributed by atoms with E-state index in [1.54, 1.807) is 19.0 Å². The summed E-state index contributed by atoms with van der Waals surface area (Å²) in [6.45, 7) is 0.0299. The van der Waals surface area contributed by atoms with Crippen molar-refractivity contribution in [1.29, 1.82) is 0 Å². The first kappa shape index (κ1) is 19.2. The van der Waals surface area contributed by atoms with Crippen molar-refractivity contribution in [2.45, 2.75) is 0 Å². The van der Waals surface area contributed by atoms with Gasteiger partial charge in [-0.05, 0) is 26.2 Å². The molecule has 0 fully saturated rings. The fourth-order valence-corrected chi connectivity index (χ4v) is 2.54. The maximum atomic E-state index is 13.8. The number of nitrogens with zero attached hydrogens (tertiary/aromatic N) is 2. The van der Waals surface area contributed by atoms with Crippen molar-refractivity contribution in [3.63, 3.8) is 0 Å². The lowest BCUT2D eigenvalue weighted by Crippen LogP contribution is -2.42. The molecule has 130 valence electrons. The molecule has 1 aromatic carbocycles. The summed E-state index contributed by atoms with van der Waals surface area (Å²) in [5, 5.41) is 2.45. The van der Waals surface area contributed by atoms with Gasteiger partial charge in [-0.25, -0.2) is 21.6 Å². The molecule has 0 unspecified atom stereocenters. The number of benzene rings is 1. The van der Waals surface area contributed by atoms with Gasteiger partial charge in [-0.15, -0.1) is 0 Å². The molecular formula is C13H18F3N3O3S. The van der Waals surface area contributed by atoms with Crippen LogP contribution in [0.25, 0.3) is 0 Å². The zero-order chi connectivity index (χ0) is 17.8. The highest BCUT2D eigenvalue weighted by atomic mass is 32.2. The van der Waals surface area contributed by atoms with Gasteiger partial charge in [0.2, 0.25) is 15.9 Å². The third-order valence-electron chi connectivity index (χ3n) is 2.85. The van der Waals surface area contributed by atoms with Gasteiger partial charge in [0.05, 0.1) is 11.9 Å². The minimum absolute atomic E-state index is 0.254. The average Bonchev–Trinajstić information content (AvgIpc) is 2.41. The number of carbonyl (C=O) groups excluding carboxylic acids is 1. The van der Waals surface area contributed by atoms with E-state index in [4.69, 9.17) is 0 Å². The smallest absolute Gasteiger partial charge is 0.240 e. The van der Waals surface area contributed by atoms with E-state index in [-0.39, 0.29) is 6.54 Å². The van der Waals surface area contributed by atoms with E-state index >= 15 is 0 Å². The molecule has 1 amide bonds. The van der Waals surface area contributed by atoms with Gasteiger partial charge < -0.3 is 10.2 Å². The zero-order valence-corrected chi connectivity index (χ0v) is 13.8. The van der Waals surface area contributed by atoms with Crippen LogP contribution in [0.4, 0.5) is 18.9 Å². The van der Waals surface area contributed by atoms with Crippen molar-refractivity contribution < 1.29 is 26.4 Å². The Balaban J connectivity index is 3.00. The Morgan fingerprint density at radius 2 is 1.78 bits per heavy atom. The van der Waals surface area contributed by atoms with Crippen LogP contribution >= 0.6 is 0 Å². The molecule has 23 heavy (non-hydrogen) atoms. The largest absolute Gasteiger partial charge is 0.353 e. The molecule has 0 atom stereocenters. The lowest BCUT2D eigenvalue weighted by molar-refractivity contribution is -0.119. The molecule has 0 bridgehead atoms. The number of rotatable bonds is 7. The monoisotopic (exact) mass is 353 g/mol. The first-order valence-corrected chi connectivity index (χ1v) is 8.41. The Morgan fingerprint density at radius 3 is 2.30 bits per heavy atom. The van der Waals surface area contributed by atoms with Gasteiger partial charge in [-0.3, -0.25) is 9.10 Å². The van der Waals surface area contributed by atoms with Crippen molar-refractivity contribution in [3.8, 4) is 0 Å². The second kappa shape index (κ2) is 7.64. The van der Waals surface area contributed by atoms with Crippen molar-refractivity contribution in [2.24, 2.45) is 0 Å². The molecule has 10 heteroatoms. The lowest BCUT2D eigenvalue weighted by atomic mass is 10.2. The summed E-state index contributed by atoms with van der Waals surface area (Å²) in [5.74, 6) is -5.61. The minimum Gasteiger partial charge on any atom is -0.353 e. The van der Waals surface area contributed by atoms with Crippen LogP contribution in [-0.4, -0.2) is 59.2 Å². The molecule has 0 saturated carbocycles. The molecule has 0 radical (unpaired) electrons. The molecule has 1 rings (SSSR count). The number of hydrogen-bond acceptors (Lipinski definition) is 4. The molecule has 0 aliphatic carbocycles. The van der Waals surface area contributed by atoms with Crippen LogP contribution in [0, 0.1) is 17.5 Å². The van der Waals surface area contributed by atoms with Gasteiger partial charge >= 0.3 is 0 Å². The summed E-state index contributed by atoms with van der Waals surface area (Å²) in [6.07, 6.45) is 0.737. The third-order valence-corrected chi connectivity index (χ3v) is 3.98. The average molecular weight is 353 g/mol. The van der Waals surface area contributed by atoms with Crippen LogP contribution in [0.3, 0.4) is 0 Å². The van der Waals surface area contributed by atoms with Gasteiger partial charge in [-0.2, -0.15) is 0 Å². The van der Waals surface area contributed by atoms with Crippen LogP contribution in [0.15, 0.2) is 12.1 Å². The first-order chi connectivity index (χ1) is 10.5. The Morgan fingerprint density at radius 1 is 1.17 bits per heavy atom. The number of anilines is 1. The predicted octanol–water partition coefficient (Wildman–Crippen LogP) is 0.548. The van der Waals surface area contributed by atoms with Crippen LogP contribution in [-0.2, 0) is 14.8 Å². The Bertz CT molecular complexity index is 681. The maximum Gasteiger partial charge on any atom is 0.240 e. The van der Waals surface area contributed by atoms with E-state index in [1.165, 1.54) is 0 Å². The van der Waals surface area contributed by atoms with Crippen molar-refractivity contribution >= 4 is 21.6 Å². The second-order valence-corrected chi connectivity index (χ2v) is 7.02. The molecule has 0 aliphatic heterocycles. The number of likely N-dealkylation sites (N-methyl/N-ethyl adjacent to an activating group) is 1. The van der Waals surface area contributed by atoms with Crippen LogP contribution in [0.1, 0.15) is 0 Å². The number of sulfonamides is 1. The summed E-state index contributed by atoms with van der Waals surface area (Å²) in [4.78, 5) is 13.6. The van der Waals surface area contributed by atoms with E-state index in [0.717, 1.165) is 12.3 Å². The SMILES string of the molecule is CN(C)CCNC(=O)CN(c1ccc(F)c(F)c1F)S(C)(=O)=O. The van der Waals surface area contributed by atoms with Gasteiger partial charge in [0.25, 0.3) is 0 Å². The van der Waals surface area contributed by atoms with E-state index in [0.29, 0.717) is 16.9 Å². The topological polar surface area (TPSA) is 69.7 Å². The third kappa shape index (κ3) is 5.39. The number of amides is 1. The lowest BCUT2D eigenvalue weighted by Gasteiger charge is -2.22. The predicted molar refractivity (Wildman–Crippen MR) is 80.1 cm³/mol. The van der Waals surface area contributed by atoms with Gasteiger partial charge in [0.15, 0.2) is 17.5 Å². The molecule has 0 heterocycles. The number of nitrogens with one attached hydrogen (secondary N) is 1.